The van der Waals surface area contributed by atoms with E-state index in [1.807, 2.05) is 48.5 Å². The minimum absolute atomic E-state index is 0.206. The van der Waals surface area contributed by atoms with Gasteiger partial charge in [-0.05, 0) is 48.9 Å². The second-order valence-electron chi connectivity index (χ2n) is 6.27. The third-order valence-corrected chi connectivity index (χ3v) is 4.39. The van der Waals surface area contributed by atoms with Crippen molar-refractivity contribution in [1.82, 2.24) is 4.65 Å². The van der Waals surface area contributed by atoms with Gasteiger partial charge in [0.1, 0.15) is 24.3 Å². The number of nitrogens with zero attached hydrogens (tertiary/aromatic N) is 1. The van der Waals surface area contributed by atoms with Crippen LogP contribution in [0.15, 0.2) is 48.5 Å². The fraction of sp³-hybridized carbons (Fsp3) is 0.294. The molecular weight excluding hydrogens is 298 g/mol. The van der Waals surface area contributed by atoms with Gasteiger partial charge in [0.05, 0.1) is 0 Å². The van der Waals surface area contributed by atoms with E-state index in [-0.39, 0.29) is 10.2 Å². The molecular formula is C17H20ClN3O. The molecule has 1 fully saturated rings. The van der Waals surface area contributed by atoms with Crippen LogP contribution in [-0.4, -0.2) is 18.6 Å². The molecule has 0 radical (unpaired) electrons. The highest BCUT2D eigenvalue weighted by molar-refractivity contribution is 6.30. The van der Waals surface area contributed by atoms with Crippen molar-refractivity contribution in [3.8, 4) is 0 Å². The summed E-state index contributed by atoms with van der Waals surface area (Å²) in [6.45, 7) is 3.56. The summed E-state index contributed by atoms with van der Waals surface area (Å²) in [5.41, 5.74) is 8.19. The van der Waals surface area contributed by atoms with Gasteiger partial charge in [0.25, 0.3) is 0 Å². The Hall–Kier alpha value is -1.59. The first kappa shape index (κ1) is 15.3. The normalized spacial score (nSPS) is 27.3. The fourth-order valence-electron chi connectivity index (χ4n) is 3.13. The zero-order valence-electron chi connectivity index (χ0n) is 12.6. The van der Waals surface area contributed by atoms with Gasteiger partial charge in [-0.3, -0.25) is 0 Å². The zero-order valence-corrected chi connectivity index (χ0v) is 13.3. The summed E-state index contributed by atoms with van der Waals surface area (Å²) in [5, 5.41) is 17.0. The number of benzene rings is 2. The van der Waals surface area contributed by atoms with Crippen molar-refractivity contribution in [1.29, 1.82) is 0 Å². The summed E-state index contributed by atoms with van der Waals surface area (Å²) in [6, 6.07) is 15.2. The molecule has 4 nitrogen and oxygen atoms in total. The van der Waals surface area contributed by atoms with E-state index in [0.29, 0.717) is 24.7 Å². The lowest BCUT2D eigenvalue weighted by atomic mass is 9.90. The van der Waals surface area contributed by atoms with Gasteiger partial charge >= 0.3 is 0 Å². The van der Waals surface area contributed by atoms with Crippen LogP contribution in [0.1, 0.15) is 12.5 Å². The molecule has 0 amide bonds. The van der Waals surface area contributed by atoms with Gasteiger partial charge in [-0.15, -0.1) is 0 Å². The summed E-state index contributed by atoms with van der Waals surface area (Å²) >= 11 is 5.89. The minimum atomic E-state index is -0.304. The van der Waals surface area contributed by atoms with Gasteiger partial charge < -0.3 is 20.9 Å². The minimum Gasteiger partial charge on any atom is -0.627 e. The predicted octanol–water partition coefficient (Wildman–Crippen LogP) is 3.49. The SMILES string of the molecule is CC1(Nc2ccc(Cl)cc2)C[N+]([O-])(c2ccc(CN)cc2)C1. The molecule has 0 saturated carbocycles. The van der Waals surface area contributed by atoms with Crippen LogP contribution < -0.4 is 15.7 Å². The smallest absolute Gasteiger partial charge is 0.135 e. The van der Waals surface area contributed by atoms with E-state index in [1.54, 1.807) is 0 Å². The molecule has 0 aliphatic carbocycles. The highest BCUT2D eigenvalue weighted by Crippen LogP contribution is 2.37. The Bertz CT molecular complexity index is 649. The summed E-state index contributed by atoms with van der Waals surface area (Å²) in [4.78, 5) is 0. The van der Waals surface area contributed by atoms with Crippen molar-refractivity contribution >= 4 is 23.0 Å². The van der Waals surface area contributed by atoms with Gasteiger partial charge in [0.2, 0.25) is 0 Å². The summed E-state index contributed by atoms with van der Waals surface area (Å²) in [7, 11) is 0. The Morgan fingerprint density at radius 2 is 1.73 bits per heavy atom. The number of hydrogen-bond acceptors (Lipinski definition) is 3. The number of nitrogens with two attached hydrogens (primary N) is 1. The molecule has 2 aromatic rings. The molecule has 1 heterocycles. The molecule has 0 unspecified atom stereocenters. The van der Waals surface area contributed by atoms with E-state index in [4.69, 9.17) is 17.3 Å². The number of hydrogen-bond donors (Lipinski definition) is 2. The van der Waals surface area contributed by atoms with E-state index in [0.717, 1.165) is 16.9 Å². The predicted molar refractivity (Wildman–Crippen MR) is 92.7 cm³/mol. The molecule has 1 aliphatic heterocycles. The number of hydroxylamine groups is 2. The van der Waals surface area contributed by atoms with Crippen LogP contribution in [0.25, 0.3) is 0 Å². The van der Waals surface area contributed by atoms with Crippen LogP contribution in [0.2, 0.25) is 5.02 Å². The first-order valence-electron chi connectivity index (χ1n) is 7.34. The second-order valence-corrected chi connectivity index (χ2v) is 6.71. The first-order chi connectivity index (χ1) is 10.4. The molecule has 3 N–H and O–H groups in total. The molecule has 1 aliphatic rings. The Kier molecular flexibility index (Phi) is 3.87. The quantitative estimate of drug-likeness (QED) is 0.670. The lowest BCUT2D eigenvalue weighted by molar-refractivity contribution is 0.160. The van der Waals surface area contributed by atoms with Crippen LogP contribution in [0.5, 0.6) is 0 Å². The molecule has 5 heteroatoms. The van der Waals surface area contributed by atoms with Crippen molar-refractivity contribution in [3.63, 3.8) is 0 Å². The molecule has 116 valence electrons. The number of halogens is 1. The van der Waals surface area contributed by atoms with Gasteiger partial charge in [-0.1, -0.05) is 23.7 Å². The molecule has 22 heavy (non-hydrogen) atoms. The van der Waals surface area contributed by atoms with Crippen LogP contribution >= 0.6 is 11.6 Å². The standard InChI is InChI=1S/C17H20ClN3O/c1-17(20-15-6-4-14(18)5-7-15)11-21(22,12-17)16-8-2-13(10-19)3-9-16/h2-9,20H,10-12,19H2,1H3. The molecule has 1 saturated heterocycles. The van der Waals surface area contributed by atoms with Crippen molar-refractivity contribution in [2.24, 2.45) is 5.73 Å². The summed E-state index contributed by atoms with van der Waals surface area (Å²) in [6.07, 6.45) is 0. The van der Waals surface area contributed by atoms with E-state index in [1.165, 1.54) is 0 Å². The fourth-order valence-corrected chi connectivity index (χ4v) is 3.25. The molecule has 3 rings (SSSR count). The zero-order chi connectivity index (χ0) is 15.8. The lowest BCUT2D eigenvalue weighted by Crippen LogP contribution is -2.73. The summed E-state index contributed by atoms with van der Waals surface area (Å²) < 4.78 is -0.304. The number of nitrogens with one attached hydrogen (secondary N) is 1. The van der Waals surface area contributed by atoms with Crippen molar-refractivity contribution in [3.05, 3.63) is 64.3 Å². The highest BCUT2D eigenvalue weighted by Gasteiger charge is 2.49. The number of quaternary nitrogens is 1. The second kappa shape index (κ2) is 5.56. The number of anilines is 1. The molecule has 0 bridgehead atoms. The summed E-state index contributed by atoms with van der Waals surface area (Å²) in [5.74, 6) is 0. The molecule has 0 atom stereocenters. The third-order valence-electron chi connectivity index (χ3n) is 4.14. The molecule has 0 spiro atoms. The monoisotopic (exact) mass is 317 g/mol. The van der Waals surface area contributed by atoms with Crippen LogP contribution in [0.3, 0.4) is 0 Å². The maximum absolute atomic E-state index is 12.9. The first-order valence-corrected chi connectivity index (χ1v) is 7.72. The van der Waals surface area contributed by atoms with Gasteiger partial charge in [-0.2, -0.15) is 0 Å². The van der Waals surface area contributed by atoms with Crippen LogP contribution in [0.4, 0.5) is 11.4 Å². The Morgan fingerprint density at radius 1 is 1.14 bits per heavy atom. The largest absolute Gasteiger partial charge is 0.627 e. The van der Waals surface area contributed by atoms with Crippen LogP contribution in [-0.2, 0) is 6.54 Å². The lowest BCUT2D eigenvalue weighted by Gasteiger charge is -2.59. The molecule has 2 aromatic carbocycles. The Morgan fingerprint density at radius 3 is 2.27 bits per heavy atom. The number of rotatable bonds is 4. The van der Waals surface area contributed by atoms with Crippen LogP contribution in [0, 0.1) is 5.21 Å². The van der Waals surface area contributed by atoms with Crippen molar-refractivity contribution in [2.75, 3.05) is 18.4 Å². The Labute approximate surface area is 135 Å². The molecule has 0 aromatic heterocycles. The van der Waals surface area contributed by atoms with E-state index < -0.39 is 0 Å². The van der Waals surface area contributed by atoms with Crippen molar-refractivity contribution < 1.29 is 0 Å². The average Bonchev–Trinajstić information content (AvgIpc) is 2.48. The topological polar surface area (TPSA) is 61.1 Å². The average molecular weight is 318 g/mol. The van der Waals surface area contributed by atoms with E-state index in [9.17, 15) is 5.21 Å². The maximum Gasteiger partial charge on any atom is 0.135 e. The van der Waals surface area contributed by atoms with Gasteiger partial charge in [0, 0.05) is 17.3 Å². The van der Waals surface area contributed by atoms with Gasteiger partial charge in [-0.25, -0.2) is 0 Å². The van der Waals surface area contributed by atoms with E-state index >= 15 is 0 Å². The van der Waals surface area contributed by atoms with Gasteiger partial charge in [0.15, 0.2) is 0 Å². The van der Waals surface area contributed by atoms with Crippen molar-refractivity contribution in [2.45, 2.75) is 19.0 Å². The van der Waals surface area contributed by atoms with E-state index in [2.05, 4.69) is 12.2 Å². The Balaban J connectivity index is 1.69. The highest BCUT2D eigenvalue weighted by atomic mass is 35.5. The third kappa shape index (κ3) is 2.96. The maximum atomic E-state index is 12.9.